The topological polar surface area (TPSA) is 23.5 Å². The van der Waals surface area contributed by atoms with Crippen molar-refractivity contribution >= 4 is 0 Å². The van der Waals surface area contributed by atoms with E-state index in [0.717, 1.165) is 12.3 Å². The lowest BCUT2D eigenvalue weighted by Crippen LogP contribution is -2.55. The summed E-state index contributed by atoms with van der Waals surface area (Å²) in [5, 5.41) is 9.29. The molecule has 2 nitrogen and oxygen atoms in total. The second kappa shape index (κ2) is 4.19. The SMILES string of the molecule is CC(O)CC(C)N1CC(C(C)(C)C)C1. The number of nitrogens with zero attached hydrogens (tertiary/aromatic N) is 1. The molecule has 0 aromatic rings. The Labute approximate surface area is 88.3 Å². The molecule has 0 aliphatic carbocycles. The van der Waals surface area contributed by atoms with E-state index >= 15 is 0 Å². The molecule has 2 unspecified atom stereocenters. The van der Waals surface area contributed by atoms with Gasteiger partial charge in [0.15, 0.2) is 0 Å². The van der Waals surface area contributed by atoms with Crippen LogP contribution in [0.2, 0.25) is 0 Å². The molecular formula is C12H25NO. The molecule has 1 aliphatic heterocycles. The van der Waals surface area contributed by atoms with Crippen LogP contribution in [0.15, 0.2) is 0 Å². The lowest BCUT2D eigenvalue weighted by Gasteiger charge is -2.49. The highest BCUT2D eigenvalue weighted by Gasteiger charge is 2.37. The summed E-state index contributed by atoms with van der Waals surface area (Å²) in [4.78, 5) is 2.47. The molecule has 1 saturated heterocycles. The van der Waals surface area contributed by atoms with E-state index in [2.05, 4.69) is 32.6 Å². The molecule has 0 saturated carbocycles. The summed E-state index contributed by atoms with van der Waals surface area (Å²) in [6, 6.07) is 0.536. The second-order valence-corrected chi connectivity index (χ2v) is 5.95. The predicted octanol–water partition coefficient (Wildman–Crippen LogP) is 2.12. The number of hydrogen-bond acceptors (Lipinski definition) is 2. The van der Waals surface area contributed by atoms with Crippen molar-refractivity contribution < 1.29 is 5.11 Å². The van der Waals surface area contributed by atoms with Gasteiger partial charge in [-0.1, -0.05) is 20.8 Å². The van der Waals surface area contributed by atoms with E-state index < -0.39 is 0 Å². The summed E-state index contributed by atoms with van der Waals surface area (Å²) in [5.74, 6) is 0.832. The van der Waals surface area contributed by atoms with Gasteiger partial charge in [0.1, 0.15) is 0 Å². The molecule has 2 atom stereocenters. The van der Waals surface area contributed by atoms with Crippen molar-refractivity contribution in [3.63, 3.8) is 0 Å². The predicted molar refractivity (Wildman–Crippen MR) is 60.3 cm³/mol. The fourth-order valence-electron chi connectivity index (χ4n) is 2.06. The van der Waals surface area contributed by atoms with Gasteiger partial charge in [-0.25, -0.2) is 0 Å². The first-order valence-corrected chi connectivity index (χ1v) is 5.73. The third-order valence-electron chi connectivity index (χ3n) is 3.44. The maximum Gasteiger partial charge on any atom is 0.0526 e. The van der Waals surface area contributed by atoms with Gasteiger partial charge in [0, 0.05) is 19.1 Å². The summed E-state index contributed by atoms with van der Waals surface area (Å²) in [5.41, 5.74) is 0.445. The van der Waals surface area contributed by atoms with Crippen LogP contribution in [-0.4, -0.2) is 35.2 Å². The Morgan fingerprint density at radius 2 is 1.79 bits per heavy atom. The Kier molecular flexibility index (Phi) is 3.59. The van der Waals surface area contributed by atoms with Crippen LogP contribution in [0.4, 0.5) is 0 Å². The van der Waals surface area contributed by atoms with E-state index in [1.54, 1.807) is 0 Å². The number of rotatable bonds is 3. The van der Waals surface area contributed by atoms with Crippen molar-refractivity contribution in [2.45, 2.75) is 53.2 Å². The Morgan fingerprint density at radius 1 is 1.29 bits per heavy atom. The molecule has 0 aromatic carbocycles. The van der Waals surface area contributed by atoms with Crippen molar-refractivity contribution in [1.29, 1.82) is 0 Å². The van der Waals surface area contributed by atoms with Gasteiger partial charge in [-0.05, 0) is 31.6 Å². The molecule has 1 rings (SSSR count). The Hall–Kier alpha value is -0.0800. The highest BCUT2D eigenvalue weighted by atomic mass is 16.3. The standard InChI is InChI=1S/C12H25NO/c1-9(6-10(2)14)13-7-11(8-13)12(3,4)5/h9-11,14H,6-8H2,1-5H3. The van der Waals surface area contributed by atoms with Gasteiger partial charge in [-0.3, -0.25) is 4.90 Å². The highest BCUT2D eigenvalue weighted by molar-refractivity contribution is 4.90. The molecular weight excluding hydrogens is 174 g/mol. The minimum absolute atomic E-state index is 0.168. The van der Waals surface area contributed by atoms with Crippen molar-refractivity contribution in [3.8, 4) is 0 Å². The summed E-state index contributed by atoms with van der Waals surface area (Å²) in [6.07, 6.45) is 0.732. The summed E-state index contributed by atoms with van der Waals surface area (Å²) >= 11 is 0. The number of aliphatic hydroxyl groups is 1. The molecule has 1 fully saturated rings. The minimum Gasteiger partial charge on any atom is -0.393 e. The van der Waals surface area contributed by atoms with E-state index in [-0.39, 0.29) is 6.10 Å². The normalized spacial score (nSPS) is 24.4. The van der Waals surface area contributed by atoms with Gasteiger partial charge >= 0.3 is 0 Å². The Bertz CT molecular complexity index is 177. The van der Waals surface area contributed by atoms with Gasteiger partial charge in [0.2, 0.25) is 0 Å². The molecule has 14 heavy (non-hydrogen) atoms. The van der Waals surface area contributed by atoms with Crippen LogP contribution in [-0.2, 0) is 0 Å². The maximum absolute atomic E-state index is 9.29. The van der Waals surface area contributed by atoms with Crippen LogP contribution in [0, 0.1) is 11.3 Å². The smallest absolute Gasteiger partial charge is 0.0526 e. The maximum atomic E-state index is 9.29. The van der Waals surface area contributed by atoms with E-state index in [1.165, 1.54) is 13.1 Å². The zero-order chi connectivity index (χ0) is 10.9. The van der Waals surface area contributed by atoms with Crippen LogP contribution >= 0.6 is 0 Å². The summed E-state index contributed by atoms with van der Waals surface area (Å²) in [7, 11) is 0. The van der Waals surface area contributed by atoms with Gasteiger partial charge < -0.3 is 5.11 Å². The molecule has 1 heterocycles. The molecule has 0 bridgehead atoms. The fraction of sp³-hybridized carbons (Fsp3) is 1.00. The second-order valence-electron chi connectivity index (χ2n) is 5.95. The summed E-state index contributed by atoms with van der Waals surface area (Å²) in [6.45, 7) is 13.4. The van der Waals surface area contributed by atoms with Crippen molar-refractivity contribution in [2.75, 3.05) is 13.1 Å². The van der Waals surface area contributed by atoms with E-state index in [4.69, 9.17) is 0 Å². The molecule has 1 aliphatic rings. The molecule has 2 heteroatoms. The van der Waals surface area contributed by atoms with Crippen LogP contribution in [0.3, 0.4) is 0 Å². The Balaban J connectivity index is 2.27. The monoisotopic (exact) mass is 199 g/mol. The van der Waals surface area contributed by atoms with Gasteiger partial charge in [-0.2, -0.15) is 0 Å². The third-order valence-corrected chi connectivity index (χ3v) is 3.44. The average molecular weight is 199 g/mol. The van der Waals surface area contributed by atoms with Gasteiger partial charge in [0.25, 0.3) is 0 Å². The van der Waals surface area contributed by atoms with Crippen LogP contribution in [0.1, 0.15) is 41.0 Å². The highest BCUT2D eigenvalue weighted by Crippen LogP contribution is 2.34. The zero-order valence-electron chi connectivity index (χ0n) is 10.2. The van der Waals surface area contributed by atoms with Gasteiger partial charge in [0.05, 0.1) is 6.10 Å². The first kappa shape index (κ1) is 12.0. The number of aliphatic hydroxyl groups excluding tert-OH is 1. The van der Waals surface area contributed by atoms with Crippen LogP contribution in [0.25, 0.3) is 0 Å². The molecule has 1 N–H and O–H groups in total. The third kappa shape index (κ3) is 2.96. The van der Waals surface area contributed by atoms with E-state index in [9.17, 15) is 5.11 Å². The zero-order valence-corrected chi connectivity index (χ0v) is 10.2. The van der Waals surface area contributed by atoms with Crippen LogP contribution < -0.4 is 0 Å². The number of likely N-dealkylation sites (tertiary alicyclic amines) is 1. The van der Waals surface area contributed by atoms with E-state index in [1.807, 2.05) is 6.92 Å². The Morgan fingerprint density at radius 3 is 2.14 bits per heavy atom. The first-order chi connectivity index (χ1) is 6.30. The van der Waals surface area contributed by atoms with Crippen molar-refractivity contribution in [1.82, 2.24) is 4.90 Å². The molecule has 0 amide bonds. The first-order valence-electron chi connectivity index (χ1n) is 5.73. The van der Waals surface area contributed by atoms with Crippen molar-refractivity contribution in [3.05, 3.63) is 0 Å². The fourth-order valence-corrected chi connectivity index (χ4v) is 2.06. The largest absolute Gasteiger partial charge is 0.393 e. The van der Waals surface area contributed by atoms with Gasteiger partial charge in [-0.15, -0.1) is 0 Å². The lowest BCUT2D eigenvalue weighted by molar-refractivity contribution is -0.0144. The quantitative estimate of drug-likeness (QED) is 0.752. The molecule has 0 spiro atoms. The van der Waals surface area contributed by atoms with Crippen LogP contribution in [0.5, 0.6) is 0 Å². The van der Waals surface area contributed by atoms with Crippen molar-refractivity contribution in [2.24, 2.45) is 11.3 Å². The molecule has 0 radical (unpaired) electrons. The summed E-state index contributed by atoms with van der Waals surface area (Å²) < 4.78 is 0. The molecule has 84 valence electrons. The average Bonchev–Trinajstić information content (AvgIpc) is 1.75. The van der Waals surface area contributed by atoms with E-state index in [0.29, 0.717) is 11.5 Å². The molecule has 0 aromatic heterocycles. The number of hydrogen-bond donors (Lipinski definition) is 1. The minimum atomic E-state index is -0.168. The lowest BCUT2D eigenvalue weighted by atomic mass is 9.75.